The number of methoxy groups -OCH3 is 1. The highest BCUT2D eigenvalue weighted by Crippen LogP contribution is 2.37. The second-order valence-corrected chi connectivity index (χ2v) is 7.17. The van der Waals surface area contributed by atoms with Crippen LogP contribution in [0.2, 0.25) is 0 Å². The smallest absolute Gasteiger partial charge is 0.175 e. The van der Waals surface area contributed by atoms with Crippen molar-refractivity contribution in [3.8, 4) is 11.5 Å². The second kappa shape index (κ2) is 8.01. The molecule has 1 aromatic rings. The molecule has 5 heteroatoms. The van der Waals surface area contributed by atoms with Gasteiger partial charge < -0.3 is 19.9 Å². The number of hydrogen-bond acceptors (Lipinski definition) is 4. The molecule has 0 aliphatic carbocycles. The van der Waals surface area contributed by atoms with E-state index in [2.05, 4.69) is 42.0 Å². The molecule has 1 atom stereocenters. The van der Waals surface area contributed by atoms with Gasteiger partial charge in [-0.05, 0) is 54.4 Å². The van der Waals surface area contributed by atoms with Crippen LogP contribution in [-0.4, -0.2) is 31.0 Å². The Kier molecular flexibility index (Phi) is 6.97. The molecule has 21 heavy (non-hydrogen) atoms. The molecule has 1 aromatic carbocycles. The predicted octanol–water partition coefficient (Wildman–Crippen LogP) is 3.35. The molecule has 1 rings (SSSR count). The highest BCUT2D eigenvalue weighted by molar-refractivity contribution is 9.10. The first-order chi connectivity index (χ1) is 9.76. The molecule has 0 aliphatic rings. The van der Waals surface area contributed by atoms with Crippen molar-refractivity contribution in [3.63, 3.8) is 0 Å². The SMILES string of the molecule is COc1cc(CNC(C)(C)C)cc(Br)c1OCC(C)CO. The van der Waals surface area contributed by atoms with Crippen LogP contribution in [0.15, 0.2) is 16.6 Å². The zero-order valence-corrected chi connectivity index (χ0v) is 15.1. The Morgan fingerprint density at radius 1 is 1.33 bits per heavy atom. The van der Waals surface area contributed by atoms with Gasteiger partial charge in [0.2, 0.25) is 0 Å². The molecule has 0 aliphatic heterocycles. The predicted molar refractivity (Wildman–Crippen MR) is 89.0 cm³/mol. The van der Waals surface area contributed by atoms with Crippen molar-refractivity contribution in [2.24, 2.45) is 5.92 Å². The largest absolute Gasteiger partial charge is 0.493 e. The summed E-state index contributed by atoms with van der Waals surface area (Å²) in [6, 6.07) is 4.00. The lowest BCUT2D eigenvalue weighted by molar-refractivity contribution is 0.170. The standard InChI is InChI=1S/C16H26BrNO3/c1-11(9-19)10-21-15-13(17)6-12(7-14(15)20-5)8-18-16(2,3)4/h6-7,11,18-19H,8-10H2,1-5H3. The fourth-order valence-corrected chi connectivity index (χ4v) is 2.26. The fourth-order valence-electron chi connectivity index (χ4n) is 1.66. The molecular formula is C16H26BrNO3. The van der Waals surface area contributed by atoms with E-state index in [0.29, 0.717) is 18.1 Å². The van der Waals surface area contributed by atoms with Gasteiger partial charge in [0.15, 0.2) is 11.5 Å². The van der Waals surface area contributed by atoms with Gasteiger partial charge in [-0.3, -0.25) is 0 Å². The van der Waals surface area contributed by atoms with Gasteiger partial charge in [0.1, 0.15) is 0 Å². The van der Waals surface area contributed by atoms with Crippen LogP contribution in [0.3, 0.4) is 0 Å². The first kappa shape index (κ1) is 18.3. The van der Waals surface area contributed by atoms with E-state index >= 15 is 0 Å². The third-order valence-corrected chi connectivity index (χ3v) is 3.52. The van der Waals surface area contributed by atoms with Gasteiger partial charge in [0.05, 0.1) is 18.2 Å². The maximum absolute atomic E-state index is 9.07. The number of ether oxygens (including phenoxy) is 2. The van der Waals surface area contributed by atoms with Crippen molar-refractivity contribution in [2.75, 3.05) is 20.3 Å². The first-order valence-electron chi connectivity index (χ1n) is 7.12. The quantitative estimate of drug-likeness (QED) is 0.783. The Labute approximate surface area is 136 Å². The molecule has 2 N–H and O–H groups in total. The highest BCUT2D eigenvalue weighted by Gasteiger charge is 2.15. The topological polar surface area (TPSA) is 50.7 Å². The summed E-state index contributed by atoms with van der Waals surface area (Å²) in [4.78, 5) is 0. The summed E-state index contributed by atoms with van der Waals surface area (Å²) in [5, 5.41) is 12.5. The third kappa shape index (κ3) is 6.24. The minimum atomic E-state index is 0.0610. The van der Waals surface area contributed by atoms with Gasteiger partial charge >= 0.3 is 0 Å². The summed E-state index contributed by atoms with van der Waals surface area (Å²) in [5.74, 6) is 1.46. The summed E-state index contributed by atoms with van der Waals surface area (Å²) < 4.78 is 12.0. The summed E-state index contributed by atoms with van der Waals surface area (Å²) in [7, 11) is 1.63. The van der Waals surface area contributed by atoms with Gasteiger partial charge in [0, 0.05) is 24.6 Å². The number of nitrogens with one attached hydrogen (secondary N) is 1. The van der Waals surface area contributed by atoms with Crippen LogP contribution in [0.1, 0.15) is 33.3 Å². The van der Waals surface area contributed by atoms with Crippen molar-refractivity contribution in [2.45, 2.75) is 39.8 Å². The number of aliphatic hydroxyl groups is 1. The minimum absolute atomic E-state index is 0.0610. The van der Waals surface area contributed by atoms with Crippen LogP contribution in [0.5, 0.6) is 11.5 Å². The average Bonchev–Trinajstić information content (AvgIpc) is 2.42. The minimum Gasteiger partial charge on any atom is -0.493 e. The lowest BCUT2D eigenvalue weighted by atomic mass is 10.1. The number of aliphatic hydroxyl groups excluding tert-OH is 1. The maximum atomic E-state index is 9.07. The van der Waals surface area contributed by atoms with E-state index in [1.165, 1.54) is 0 Å². The van der Waals surface area contributed by atoms with Crippen LogP contribution in [-0.2, 0) is 6.54 Å². The Balaban J connectivity index is 2.86. The number of benzene rings is 1. The molecule has 0 heterocycles. The van der Waals surface area contributed by atoms with Crippen LogP contribution in [0, 0.1) is 5.92 Å². The third-order valence-electron chi connectivity index (χ3n) is 2.94. The molecule has 0 saturated carbocycles. The monoisotopic (exact) mass is 359 g/mol. The second-order valence-electron chi connectivity index (χ2n) is 6.31. The zero-order chi connectivity index (χ0) is 16.0. The molecule has 0 saturated heterocycles. The van der Waals surface area contributed by atoms with Crippen LogP contribution in [0.25, 0.3) is 0 Å². The summed E-state index contributed by atoms with van der Waals surface area (Å²) in [6.07, 6.45) is 0. The molecule has 0 amide bonds. The normalized spacial score (nSPS) is 13.1. The number of halogens is 1. The van der Waals surface area contributed by atoms with Crippen molar-refractivity contribution in [1.29, 1.82) is 0 Å². The van der Waals surface area contributed by atoms with E-state index in [0.717, 1.165) is 16.6 Å². The van der Waals surface area contributed by atoms with E-state index < -0.39 is 0 Å². The lowest BCUT2D eigenvalue weighted by Crippen LogP contribution is -2.35. The van der Waals surface area contributed by atoms with Crippen LogP contribution in [0.4, 0.5) is 0 Å². The molecule has 120 valence electrons. The molecule has 0 fully saturated rings. The van der Waals surface area contributed by atoms with E-state index in [-0.39, 0.29) is 18.1 Å². The van der Waals surface area contributed by atoms with Crippen molar-refractivity contribution in [1.82, 2.24) is 5.32 Å². The summed E-state index contributed by atoms with van der Waals surface area (Å²) in [6.45, 7) is 9.64. The van der Waals surface area contributed by atoms with Gasteiger partial charge in [-0.15, -0.1) is 0 Å². The van der Waals surface area contributed by atoms with E-state index in [9.17, 15) is 0 Å². The van der Waals surface area contributed by atoms with Gasteiger partial charge in [-0.2, -0.15) is 0 Å². The summed E-state index contributed by atoms with van der Waals surface area (Å²) in [5.41, 5.74) is 1.18. The zero-order valence-electron chi connectivity index (χ0n) is 13.5. The molecule has 0 spiro atoms. The maximum Gasteiger partial charge on any atom is 0.175 e. The van der Waals surface area contributed by atoms with E-state index in [1.54, 1.807) is 7.11 Å². The van der Waals surface area contributed by atoms with Crippen LogP contribution < -0.4 is 14.8 Å². The Bertz CT molecular complexity index is 458. The lowest BCUT2D eigenvalue weighted by Gasteiger charge is -2.21. The molecular weight excluding hydrogens is 334 g/mol. The van der Waals surface area contributed by atoms with Crippen molar-refractivity contribution >= 4 is 15.9 Å². The molecule has 4 nitrogen and oxygen atoms in total. The van der Waals surface area contributed by atoms with Gasteiger partial charge in [0.25, 0.3) is 0 Å². The fraction of sp³-hybridized carbons (Fsp3) is 0.625. The first-order valence-corrected chi connectivity index (χ1v) is 7.91. The van der Waals surface area contributed by atoms with Gasteiger partial charge in [-0.1, -0.05) is 6.92 Å². The molecule has 1 unspecified atom stereocenters. The number of hydrogen-bond donors (Lipinski definition) is 2. The van der Waals surface area contributed by atoms with Crippen molar-refractivity contribution in [3.05, 3.63) is 22.2 Å². The van der Waals surface area contributed by atoms with E-state index in [1.807, 2.05) is 19.1 Å². The molecule has 0 aromatic heterocycles. The Morgan fingerprint density at radius 2 is 2.00 bits per heavy atom. The highest BCUT2D eigenvalue weighted by atomic mass is 79.9. The number of rotatable bonds is 7. The average molecular weight is 360 g/mol. The Morgan fingerprint density at radius 3 is 2.52 bits per heavy atom. The van der Waals surface area contributed by atoms with E-state index in [4.69, 9.17) is 14.6 Å². The summed E-state index contributed by atoms with van der Waals surface area (Å²) >= 11 is 3.54. The van der Waals surface area contributed by atoms with Crippen LogP contribution >= 0.6 is 15.9 Å². The molecule has 0 radical (unpaired) electrons. The van der Waals surface area contributed by atoms with Gasteiger partial charge in [-0.25, -0.2) is 0 Å². The van der Waals surface area contributed by atoms with Crippen molar-refractivity contribution < 1.29 is 14.6 Å². The molecule has 0 bridgehead atoms. The Hall–Kier alpha value is -0.780.